The molecule has 2 nitrogen and oxygen atoms in total. The fraction of sp³-hybridized carbons (Fsp3) is 0.545. The molecule has 3 heteroatoms. The van der Waals surface area contributed by atoms with E-state index in [2.05, 4.69) is 0 Å². The molecule has 1 unspecified atom stereocenters. The van der Waals surface area contributed by atoms with Gasteiger partial charge in [-0.3, -0.25) is 4.79 Å². The van der Waals surface area contributed by atoms with Crippen molar-refractivity contribution in [2.45, 2.75) is 26.9 Å². The van der Waals surface area contributed by atoms with Gasteiger partial charge in [-0.15, -0.1) is 11.3 Å². The van der Waals surface area contributed by atoms with Crippen LogP contribution in [0.3, 0.4) is 0 Å². The lowest BCUT2D eigenvalue weighted by molar-refractivity contribution is 0.0459. The molecule has 0 aliphatic carbocycles. The lowest BCUT2D eigenvalue weighted by Gasteiger charge is -2.16. The van der Waals surface area contributed by atoms with Crippen LogP contribution in [0.4, 0.5) is 0 Å². The minimum atomic E-state index is -0.316. The summed E-state index contributed by atoms with van der Waals surface area (Å²) in [5.41, 5.74) is 0.771. The van der Waals surface area contributed by atoms with Crippen LogP contribution in [0.25, 0.3) is 0 Å². The number of carbonyl (C=O) groups is 1. The summed E-state index contributed by atoms with van der Waals surface area (Å²) in [6.45, 7) is 5.98. The monoisotopic (exact) mass is 212 g/mol. The maximum absolute atomic E-state index is 11.9. The van der Waals surface area contributed by atoms with Crippen molar-refractivity contribution in [3.63, 3.8) is 0 Å². The quantitative estimate of drug-likeness (QED) is 0.717. The van der Waals surface area contributed by atoms with Crippen molar-refractivity contribution in [3.8, 4) is 0 Å². The zero-order valence-corrected chi connectivity index (χ0v) is 9.85. The molecule has 1 aromatic rings. The van der Waals surface area contributed by atoms with Crippen molar-refractivity contribution < 1.29 is 9.53 Å². The SMILES string of the molecule is COC(C(=O)c1csc(C)c1)C(C)C. The first-order chi connectivity index (χ1) is 6.56. The standard InChI is InChI=1S/C11H16O2S/c1-7(2)11(13-4)10(12)9-5-8(3)14-6-9/h5-7,11H,1-4H3. The smallest absolute Gasteiger partial charge is 0.192 e. The molecule has 0 amide bonds. The average molecular weight is 212 g/mol. The number of methoxy groups -OCH3 is 1. The lowest BCUT2D eigenvalue weighted by Crippen LogP contribution is -2.28. The van der Waals surface area contributed by atoms with Gasteiger partial charge in [-0.05, 0) is 18.9 Å². The molecule has 0 spiro atoms. The largest absolute Gasteiger partial charge is 0.373 e. The van der Waals surface area contributed by atoms with Crippen molar-refractivity contribution in [1.29, 1.82) is 0 Å². The highest BCUT2D eigenvalue weighted by Crippen LogP contribution is 2.18. The highest BCUT2D eigenvalue weighted by atomic mass is 32.1. The zero-order valence-electron chi connectivity index (χ0n) is 9.03. The summed E-state index contributed by atoms with van der Waals surface area (Å²) < 4.78 is 5.19. The summed E-state index contributed by atoms with van der Waals surface area (Å²) in [4.78, 5) is 13.1. The van der Waals surface area contributed by atoms with Crippen molar-refractivity contribution in [1.82, 2.24) is 0 Å². The molecule has 0 fully saturated rings. The van der Waals surface area contributed by atoms with Gasteiger partial charge < -0.3 is 4.74 Å². The molecule has 1 rings (SSSR count). The fourth-order valence-electron chi connectivity index (χ4n) is 1.42. The molecule has 1 atom stereocenters. The molecule has 78 valence electrons. The predicted octanol–water partition coefficient (Wildman–Crippen LogP) is 2.91. The number of hydrogen-bond acceptors (Lipinski definition) is 3. The Kier molecular flexibility index (Phi) is 3.84. The number of carbonyl (C=O) groups excluding carboxylic acids is 1. The van der Waals surface area contributed by atoms with Gasteiger partial charge in [0.15, 0.2) is 5.78 Å². The molecule has 0 radical (unpaired) electrons. The van der Waals surface area contributed by atoms with Gasteiger partial charge >= 0.3 is 0 Å². The number of ether oxygens (including phenoxy) is 1. The normalized spacial score (nSPS) is 13.2. The van der Waals surface area contributed by atoms with Crippen LogP contribution >= 0.6 is 11.3 Å². The molecule has 0 aliphatic rings. The molecule has 0 aliphatic heterocycles. The second-order valence-corrected chi connectivity index (χ2v) is 4.83. The number of rotatable bonds is 4. The van der Waals surface area contributed by atoms with E-state index in [0.29, 0.717) is 0 Å². The Morgan fingerprint density at radius 3 is 2.50 bits per heavy atom. The second kappa shape index (κ2) is 4.71. The van der Waals surface area contributed by atoms with E-state index in [4.69, 9.17) is 4.74 Å². The van der Waals surface area contributed by atoms with E-state index in [0.717, 1.165) is 10.4 Å². The van der Waals surface area contributed by atoms with Gasteiger partial charge in [0.25, 0.3) is 0 Å². The Morgan fingerprint density at radius 1 is 1.50 bits per heavy atom. The molecule has 14 heavy (non-hydrogen) atoms. The van der Waals surface area contributed by atoms with Crippen molar-refractivity contribution in [3.05, 3.63) is 21.9 Å². The Bertz CT molecular complexity index is 315. The van der Waals surface area contributed by atoms with E-state index in [1.54, 1.807) is 18.4 Å². The predicted molar refractivity (Wildman–Crippen MR) is 59.0 cm³/mol. The minimum absolute atomic E-state index is 0.0897. The summed E-state index contributed by atoms with van der Waals surface area (Å²) in [7, 11) is 1.59. The Morgan fingerprint density at radius 2 is 2.14 bits per heavy atom. The van der Waals surface area contributed by atoms with Crippen molar-refractivity contribution in [2.24, 2.45) is 5.92 Å². The highest BCUT2D eigenvalue weighted by molar-refractivity contribution is 7.10. The van der Waals surface area contributed by atoms with E-state index in [1.165, 1.54) is 0 Å². The summed E-state index contributed by atoms with van der Waals surface area (Å²) >= 11 is 1.60. The van der Waals surface area contributed by atoms with Gasteiger partial charge in [-0.1, -0.05) is 13.8 Å². The number of ketones is 1. The molecule has 0 aromatic carbocycles. The molecular weight excluding hydrogens is 196 g/mol. The molecule has 0 saturated carbocycles. The van der Waals surface area contributed by atoms with Crippen LogP contribution in [0.1, 0.15) is 29.1 Å². The van der Waals surface area contributed by atoms with Crippen LogP contribution in [-0.4, -0.2) is 19.0 Å². The summed E-state index contributed by atoms with van der Waals surface area (Å²) in [6, 6.07) is 1.92. The first-order valence-electron chi connectivity index (χ1n) is 4.68. The van der Waals surface area contributed by atoms with Gasteiger partial charge in [-0.2, -0.15) is 0 Å². The van der Waals surface area contributed by atoms with Crippen molar-refractivity contribution in [2.75, 3.05) is 7.11 Å². The Balaban J connectivity index is 2.83. The number of thiophene rings is 1. The third kappa shape index (κ3) is 2.42. The van der Waals surface area contributed by atoms with E-state index in [1.807, 2.05) is 32.2 Å². The fourth-order valence-corrected chi connectivity index (χ4v) is 2.11. The highest BCUT2D eigenvalue weighted by Gasteiger charge is 2.23. The van der Waals surface area contributed by atoms with E-state index in [-0.39, 0.29) is 17.8 Å². The summed E-state index contributed by atoms with van der Waals surface area (Å²) in [5.74, 6) is 0.305. The summed E-state index contributed by atoms with van der Waals surface area (Å²) in [5, 5.41) is 1.89. The van der Waals surface area contributed by atoms with Crippen LogP contribution in [0.15, 0.2) is 11.4 Å². The van der Waals surface area contributed by atoms with Crippen LogP contribution in [0, 0.1) is 12.8 Å². The van der Waals surface area contributed by atoms with Crippen LogP contribution in [0.5, 0.6) is 0 Å². The zero-order chi connectivity index (χ0) is 10.7. The minimum Gasteiger partial charge on any atom is -0.373 e. The Labute approximate surface area is 88.9 Å². The maximum atomic E-state index is 11.9. The van der Waals surface area contributed by atoms with Gasteiger partial charge in [0.05, 0.1) is 0 Å². The first kappa shape index (κ1) is 11.4. The van der Waals surface area contributed by atoms with Crippen LogP contribution in [-0.2, 0) is 4.74 Å². The number of hydrogen-bond donors (Lipinski definition) is 0. The molecule has 1 aromatic heterocycles. The van der Waals surface area contributed by atoms with Gasteiger partial charge in [0.2, 0.25) is 0 Å². The average Bonchev–Trinajstić information content (AvgIpc) is 2.52. The maximum Gasteiger partial charge on any atom is 0.192 e. The topological polar surface area (TPSA) is 26.3 Å². The van der Waals surface area contributed by atoms with E-state index < -0.39 is 0 Å². The third-order valence-electron chi connectivity index (χ3n) is 2.13. The van der Waals surface area contributed by atoms with Gasteiger partial charge in [0.1, 0.15) is 6.10 Å². The van der Waals surface area contributed by atoms with Gasteiger partial charge in [0, 0.05) is 22.9 Å². The lowest BCUT2D eigenvalue weighted by atomic mass is 9.99. The Hall–Kier alpha value is -0.670. The number of aryl methyl sites for hydroxylation is 1. The molecule has 1 heterocycles. The van der Waals surface area contributed by atoms with E-state index >= 15 is 0 Å². The first-order valence-corrected chi connectivity index (χ1v) is 5.56. The van der Waals surface area contributed by atoms with E-state index in [9.17, 15) is 4.79 Å². The summed E-state index contributed by atoms with van der Waals surface area (Å²) in [6.07, 6.45) is -0.316. The van der Waals surface area contributed by atoms with Crippen LogP contribution < -0.4 is 0 Å². The molecule has 0 N–H and O–H groups in total. The third-order valence-corrected chi connectivity index (χ3v) is 2.99. The number of Topliss-reactive ketones (excluding diaryl/α,β-unsaturated/α-hetero) is 1. The van der Waals surface area contributed by atoms with Gasteiger partial charge in [-0.25, -0.2) is 0 Å². The second-order valence-electron chi connectivity index (χ2n) is 3.71. The molecule has 0 saturated heterocycles. The molecular formula is C11H16O2S. The van der Waals surface area contributed by atoms with Crippen LogP contribution in [0.2, 0.25) is 0 Å². The van der Waals surface area contributed by atoms with Crippen molar-refractivity contribution >= 4 is 17.1 Å². The molecule has 0 bridgehead atoms.